The highest BCUT2D eigenvalue weighted by Gasteiger charge is 2.38. The molecule has 1 heteroatoms. The third kappa shape index (κ3) is 3.40. The molecule has 0 radical (unpaired) electrons. The fourth-order valence-electron chi connectivity index (χ4n) is 3.56. The van der Waals surface area contributed by atoms with Gasteiger partial charge in [-0.25, -0.2) is 0 Å². The molecule has 116 valence electrons. The van der Waals surface area contributed by atoms with Crippen molar-refractivity contribution >= 4 is 0 Å². The smallest absolute Gasteiger partial charge is 0.0973 e. The zero-order chi connectivity index (χ0) is 15.6. The monoisotopic (exact) mass is 286 g/mol. The fourth-order valence-corrected chi connectivity index (χ4v) is 3.56. The summed E-state index contributed by atoms with van der Waals surface area (Å²) < 4.78 is 0. The molecule has 0 spiro atoms. The van der Waals surface area contributed by atoms with Gasteiger partial charge in [-0.1, -0.05) is 49.8 Å². The first kappa shape index (κ1) is 16.3. The van der Waals surface area contributed by atoms with Gasteiger partial charge >= 0.3 is 0 Å². The third-order valence-electron chi connectivity index (χ3n) is 5.65. The van der Waals surface area contributed by atoms with Gasteiger partial charge in [0.2, 0.25) is 0 Å². The van der Waals surface area contributed by atoms with E-state index in [9.17, 15) is 5.11 Å². The van der Waals surface area contributed by atoms with Crippen molar-refractivity contribution in [1.82, 2.24) is 0 Å². The Balaban J connectivity index is 2.41. The van der Waals surface area contributed by atoms with E-state index in [4.69, 9.17) is 0 Å². The van der Waals surface area contributed by atoms with Crippen LogP contribution >= 0.6 is 0 Å². The molecule has 0 saturated carbocycles. The fraction of sp³-hybridized carbons (Fsp3) is 0.600. The van der Waals surface area contributed by atoms with Gasteiger partial charge in [-0.15, -0.1) is 0 Å². The van der Waals surface area contributed by atoms with E-state index in [-0.39, 0.29) is 5.41 Å². The van der Waals surface area contributed by atoms with Crippen molar-refractivity contribution in [3.05, 3.63) is 47.1 Å². The van der Waals surface area contributed by atoms with Crippen LogP contribution in [0.3, 0.4) is 0 Å². The Kier molecular flexibility index (Phi) is 4.93. The van der Waals surface area contributed by atoms with E-state index in [1.54, 1.807) is 0 Å². The van der Waals surface area contributed by atoms with Gasteiger partial charge in [0.1, 0.15) is 0 Å². The molecule has 1 nitrogen and oxygen atoms in total. The molecule has 2 rings (SSSR count). The highest BCUT2D eigenvalue weighted by atomic mass is 16.3. The van der Waals surface area contributed by atoms with Crippen LogP contribution in [0, 0.1) is 11.3 Å². The van der Waals surface area contributed by atoms with Crippen molar-refractivity contribution in [2.75, 3.05) is 0 Å². The predicted molar refractivity (Wildman–Crippen MR) is 91.1 cm³/mol. The van der Waals surface area contributed by atoms with Gasteiger partial charge in [0, 0.05) is 0 Å². The lowest BCUT2D eigenvalue weighted by Crippen LogP contribution is -2.33. The number of hydrogen-bond donors (Lipinski definition) is 1. The van der Waals surface area contributed by atoms with Gasteiger partial charge in [0.25, 0.3) is 0 Å². The van der Waals surface area contributed by atoms with Crippen molar-refractivity contribution in [2.45, 2.75) is 65.9 Å². The van der Waals surface area contributed by atoms with E-state index < -0.39 is 6.10 Å². The van der Waals surface area contributed by atoms with Gasteiger partial charge < -0.3 is 5.11 Å². The van der Waals surface area contributed by atoms with Crippen LogP contribution in [-0.4, -0.2) is 11.2 Å². The number of allylic oxidation sites excluding steroid dienone is 4. The minimum atomic E-state index is -0.492. The predicted octanol–water partition coefficient (Wildman–Crippen LogP) is 5.34. The molecule has 2 aliphatic carbocycles. The molecule has 1 unspecified atom stereocenters. The van der Waals surface area contributed by atoms with E-state index in [2.05, 4.69) is 46.4 Å². The molecule has 0 aromatic carbocycles. The van der Waals surface area contributed by atoms with Crippen LogP contribution in [0.1, 0.15) is 59.8 Å². The Labute approximate surface area is 130 Å². The van der Waals surface area contributed by atoms with Crippen LogP contribution in [-0.2, 0) is 0 Å². The summed E-state index contributed by atoms with van der Waals surface area (Å²) in [6, 6.07) is 0. The molecular formula is C20H30O. The largest absolute Gasteiger partial charge is 0.384 e. The van der Waals surface area contributed by atoms with Gasteiger partial charge in [-0.3, -0.25) is 0 Å². The molecule has 0 saturated heterocycles. The van der Waals surface area contributed by atoms with Gasteiger partial charge in [0.05, 0.1) is 6.10 Å². The van der Waals surface area contributed by atoms with E-state index in [1.807, 2.05) is 6.08 Å². The van der Waals surface area contributed by atoms with Crippen molar-refractivity contribution in [1.29, 1.82) is 0 Å². The Hall–Kier alpha value is -1.08. The first-order chi connectivity index (χ1) is 9.84. The standard InChI is InChI=1S/C20H30O/c1-14-7-6-8-15(2)13-19(21)18-10-9-16(3)20(5,12-11-14)17(18)4/h7,10,13,16,19,21H,4,6,8-9,11-12H2,1-3,5H3/b14-7+,15-13?/t16-,19+,20?/m1/s1. The number of aliphatic hydroxyl groups is 1. The van der Waals surface area contributed by atoms with Gasteiger partial charge in [0.15, 0.2) is 0 Å². The lowest BCUT2D eigenvalue weighted by atomic mass is 9.62. The molecule has 0 aromatic rings. The maximum absolute atomic E-state index is 10.6. The highest BCUT2D eigenvalue weighted by Crippen LogP contribution is 2.48. The third-order valence-corrected chi connectivity index (χ3v) is 5.65. The zero-order valence-electron chi connectivity index (χ0n) is 14.1. The Morgan fingerprint density at radius 1 is 1.19 bits per heavy atom. The van der Waals surface area contributed by atoms with Crippen LogP contribution in [0.15, 0.2) is 47.1 Å². The molecule has 2 bridgehead atoms. The van der Waals surface area contributed by atoms with Crippen molar-refractivity contribution in [3.8, 4) is 0 Å². The van der Waals surface area contributed by atoms with E-state index >= 15 is 0 Å². The average Bonchev–Trinajstić information content (AvgIpc) is 2.42. The molecule has 0 aliphatic heterocycles. The maximum Gasteiger partial charge on any atom is 0.0973 e. The molecule has 0 heterocycles. The molecule has 0 amide bonds. The average molecular weight is 286 g/mol. The summed E-state index contributed by atoms with van der Waals surface area (Å²) in [5.41, 5.74) is 5.05. The van der Waals surface area contributed by atoms with Crippen LogP contribution in [0.2, 0.25) is 0 Å². The highest BCUT2D eigenvalue weighted by molar-refractivity contribution is 5.42. The van der Waals surface area contributed by atoms with E-state index in [0.717, 1.165) is 43.3 Å². The van der Waals surface area contributed by atoms with Crippen LogP contribution in [0.4, 0.5) is 0 Å². The zero-order valence-corrected chi connectivity index (χ0v) is 14.1. The minimum absolute atomic E-state index is 0.0983. The second-order valence-electron chi connectivity index (χ2n) is 7.24. The summed E-state index contributed by atoms with van der Waals surface area (Å²) in [6.45, 7) is 13.4. The van der Waals surface area contributed by atoms with Crippen molar-refractivity contribution in [2.24, 2.45) is 11.3 Å². The number of aliphatic hydroxyl groups excluding tert-OH is 1. The Bertz CT molecular complexity index is 506. The molecule has 2 aliphatic rings. The second-order valence-corrected chi connectivity index (χ2v) is 7.24. The van der Waals surface area contributed by atoms with Crippen LogP contribution in [0.5, 0.6) is 0 Å². The molecule has 0 aromatic heterocycles. The summed E-state index contributed by atoms with van der Waals surface area (Å²) in [5, 5.41) is 10.6. The second kappa shape index (κ2) is 6.36. The normalized spacial score (nSPS) is 37.6. The molecule has 3 atom stereocenters. The summed E-state index contributed by atoms with van der Waals surface area (Å²) in [5.74, 6) is 0.585. The molecule has 0 fully saturated rings. The van der Waals surface area contributed by atoms with Crippen LogP contribution < -0.4 is 0 Å². The number of hydrogen-bond acceptors (Lipinski definition) is 1. The molecule has 1 N–H and O–H groups in total. The SMILES string of the molecule is C=C1C2=CC[C@@H](C)C1(C)CC/C(C)=C/CCC(C)=C[C@@H]2O. The number of fused-ring (bicyclic) bond motifs is 2. The van der Waals surface area contributed by atoms with Gasteiger partial charge in [-0.05, 0) is 68.4 Å². The Morgan fingerprint density at radius 2 is 1.90 bits per heavy atom. The minimum Gasteiger partial charge on any atom is -0.384 e. The molecular weight excluding hydrogens is 256 g/mol. The van der Waals surface area contributed by atoms with E-state index in [0.29, 0.717) is 5.92 Å². The van der Waals surface area contributed by atoms with Crippen molar-refractivity contribution < 1.29 is 5.11 Å². The summed E-state index contributed by atoms with van der Waals surface area (Å²) in [7, 11) is 0. The maximum atomic E-state index is 10.6. The number of rotatable bonds is 0. The quantitative estimate of drug-likeness (QED) is 0.596. The van der Waals surface area contributed by atoms with Gasteiger partial charge in [-0.2, -0.15) is 0 Å². The summed E-state index contributed by atoms with van der Waals surface area (Å²) in [6.07, 6.45) is 11.5. The first-order valence-corrected chi connectivity index (χ1v) is 8.25. The lowest BCUT2D eigenvalue weighted by Gasteiger charge is -2.43. The van der Waals surface area contributed by atoms with Crippen molar-refractivity contribution in [3.63, 3.8) is 0 Å². The van der Waals surface area contributed by atoms with Crippen LogP contribution in [0.25, 0.3) is 0 Å². The Morgan fingerprint density at radius 3 is 2.62 bits per heavy atom. The first-order valence-electron chi connectivity index (χ1n) is 8.25. The summed E-state index contributed by atoms with van der Waals surface area (Å²) in [4.78, 5) is 0. The summed E-state index contributed by atoms with van der Waals surface area (Å²) >= 11 is 0. The topological polar surface area (TPSA) is 20.2 Å². The van der Waals surface area contributed by atoms with E-state index in [1.165, 1.54) is 11.1 Å². The molecule has 21 heavy (non-hydrogen) atoms. The lowest BCUT2D eigenvalue weighted by molar-refractivity contribution is 0.205.